The van der Waals surface area contributed by atoms with E-state index in [4.69, 9.17) is 16.7 Å². The number of hydrogen-bond donors (Lipinski definition) is 1. The highest BCUT2D eigenvalue weighted by Gasteiger charge is 2.14. The van der Waals surface area contributed by atoms with Gasteiger partial charge in [-0.3, -0.25) is 0 Å². The minimum absolute atomic E-state index is 0.137. The van der Waals surface area contributed by atoms with Gasteiger partial charge in [0.25, 0.3) is 0 Å². The van der Waals surface area contributed by atoms with E-state index in [1.165, 1.54) is 6.07 Å². The van der Waals surface area contributed by atoms with Crippen molar-refractivity contribution in [2.45, 2.75) is 0 Å². The van der Waals surface area contributed by atoms with Crippen molar-refractivity contribution in [3.05, 3.63) is 24.5 Å². The van der Waals surface area contributed by atoms with Gasteiger partial charge in [0.2, 0.25) is 0 Å². The van der Waals surface area contributed by atoms with Crippen molar-refractivity contribution in [2.24, 2.45) is 0 Å². The van der Waals surface area contributed by atoms with E-state index in [1.807, 2.05) is 0 Å². The number of hydrogen-bond acceptors (Lipinski definition) is 2. The topological polar surface area (TPSA) is 46.5 Å². The Morgan fingerprint density at radius 1 is 1.29 bits per heavy atom. The highest BCUT2D eigenvalue weighted by Crippen LogP contribution is 2.42. The first-order chi connectivity index (χ1) is 6.43. The van der Waals surface area contributed by atoms with Crippen LogP contribution < -0.4 is 4.74 Å². The molecule has 76 valence electrons. The highest BCUT2D eigenvalue weighted by atomic mass is 79.9. The highest BCUT2D eigenvalue weighted by molar-refractivity contribution is 9.14. The van der Waals surface area contributed by atoms with Gasteiger partial charge >= 0.3 is 6.16 Å². The summed E-state index contributed by atoms with van der Waals surface area (Å²) in [5, 5.41) is 8.79. The molecule has 0 amide bonds. The van der Waals surface area contributed by atoms with Gasteiger partial charge in [0, 0.05) is 6.07 Å². The van der Waals surface area contributed by atoms with Gasteiger partial charge in [0.15, 0.2) is 5.75 Å². The van der Waals surface area contributed by atoms with Crippen LogP contribution in [0.1, 0.15) is 0 Å². The molecule has 1 rings (SSSR count). The van der Waals surface area contributed by atoms with E-state index in [0.717, 1.165) is 0 Å². The maximum atomic E-state index is 10.3. The number of halogens is 4. The number of carboxylic acid groups (broad SMARTS) is 1. The quantitative estimate of drug-likeness (QED) is 0.317. The molecule has 0 unspecified atom stereocenters. The SMILES string of the molecule is O=C(O)Oc1cc(Cl)c(Br)c(Br)c1Br. The molecule has 1 aromatic carbocycles. The summed E-state index contributed by atoms with van der Waals surface area (Å²) in [5.74, 6) is 0.137. The summed E-state index contributed by atoms with van der Waals surface area (Å²) in [5.41, 5.74) is 0. The van der Waals surface area contributed by atoms with E-state index in [-0.39, 0.29) is 5.75 Å². The second-order valence-corrected chi connectivity index (χ2v) is 4.95. The molecule has 0 fully saturated rings. The molecule has 0 aliphatic rings. The van der Waals surface area contributed by atoms with Crippen molar-refractivity contribution in [1.29, 1.82) is 0 Å². The van der Waals surface area contributed by atoms with Crippen molar-refractivity contribution in [3.63, 3.8) is 0 Å². The van der Waals surface area contributed by atoms with E-state index < -0.39 is 6.16 Å². The van der Waals surface area contributed by atoms with Gasteiger partial charge in [-0.2, -0.15) is 0 Å². The Labute approximate surface area is 110 Å². The maximum Gasteiger partial charge on any atom is 0.511 e. The fraction of sp³-hybridized carbons (Fsp3) is 0. The zero-order chi connectivity index (χ0) is 10.9. The van der Waals surface area contributed by atoms with Gasteiger partial charge < -0.3 is 9.84 Å². The van der Waals surface area contributed by atoms with Crippen LogP contribution in [0.5, 0.6) is 5.75 Å². The van der Waals surface area contributed by atoms with Gasteiger partial charge in [0.1, 0.15) is 0 Å². The third-order valence-corrected chi connectivity index (χ3v) is 5.26. The molecule has 0 bridgehead atoms. The van der Waals surface area contributed by atoms with Crippen LogP contribution in [0.15, 0.2) is 19.5 Å². The Hall–Kier alpha value is 0.220. The molecule has 0 aliphatic heterocycles. The van der Waals surface area contributed by atoms with Crippen molar-refractivity contribution < 1.29 is 14.6 Å². The molecule has 0 saturated heterocycles. The van der Waals surface area contributed by atoms with E-state index in [1.54, 1.807) is 0 Å². The van der Waals surface area contributed by atoms with E-state index >= 15 is 0 Å². The van der Waals surface area contributed by atoms with Crippen molar-refractivity contribution in [2.75, 3.05) is 0 Å². The first-order valence-electron chi connectivity index (χ1n) is 3.17. The van der Waals surface area contributed by atoms with Crippen LogP contribution in [0.2, 0.25) is 5.02 Å². The average molecular weight is 409 g/mol. The first kappa shape index (κ1) is 12.3. The van der Waals surface area contributed by atoms with Gasteiger partial charge in [-0.15, -0.1) is 0 Å². The lowest BCUT2D eigenvalue weighted by molar-refractivity contribution is 0.144. The molecule has 0 spiro atoms. The Bertz CT molecular complexity index is 394. The summed E-state index contributed by atoms with van der Waals surface area (Å²) in [6, 6.07) is 1.40. The molecule has 0 heterocycles. The third kappa shape index (κ3) is 2.62. The predicted molar refractivity (Wildman–Crippen MR) is 63.2 cm³/mol. The van der Waals surface area contributed by atoms with Crippen LogP contribution in [0.3, 0.4) is 0 Å². The lowest BCUT2D eigenvalue weighted by atomic mass is 10.3. The molecule has 0 aliphatic carbocycles. The Morgan fingerprint density at radius 2 is 1.86 bits per heavy atom. The normalized spacial score (nSPS) is 10.0. The minimum atomic E-state index is -1.39. The molecule has 1 N–H and O–H groups in total. The van der Waals surface area contributed by atoms with Crippen LogP contribution in [-0.4, -0.2) is 11.3 Å². The number of rotatable bonds is 1. The fourth-order valence-electron chi connectivity index (χ4n) is 0.720. The van der Waals surface area contributed by atoms with Crippen LogP contribution in [-0.2, 0) is 0 Å². The molecule has 0 aromatic heterocycles. The smallest absolute Gasteiger partial charge is 0.449 e. The summed E-state index contributed by atoms with van der Waals surface area (Å²) in [6.45, 7) is 0. The summed E-state index contributed by atoms with van der Waals surface area (Å²) in [6.07, 6.45) is -1.39. The van der Waals surface area contributed by atoms with Gasteiger partial charge in [-0.1, -0.05) is 11.6 Å². The lowest BCUT2D eigenvalue weighted by Gasteiger charge is -2.07. The van der Waals surface area contributed by atoms with E-state index in [9.17, 15) is 4.79 Å². The standard InChI is InChI=1S/C7H2Br3ClO3/c8-4-2(11)1-3(14-7(12)13)5(9)6(4)10/h1H,(H,12,13). The summed E-state index contributed by atoms with van der Waals surface area (Å²) < 4.78 is 6.21. The van der Waals surface area contributed by atoms with Crippen LogP contribution >= 0.6 is 59.4 Å². The first-order valence-corrected chi connectivity index (χ1v) is 5.93. The summed E-state index contributed by atoms with van der Waals surface area (Å²) >= 11 is 15.4. The van der Waals surface area contributed by atoms with Crippen molar-refractivity contribution in [1.82, 2.24) is 0 Å². The average Bonchev–Trinajstić information content (AvgIpc) is 2.10. The minimum Gasteiger partial charge on any atom is -0.449 e. The molecule has 14 heavy (non-hydrogen) atoms. The third-order valence-electron chi connectivity index (χ3n) is 1.27. The van der Waals surface area contributed by atoms with Crippen LogP contribution in [0.4, 0.5) is 4.79 Å². The predicted octanol–water partition coefficient (Wildman–Crippen LogP) is 4.68. The van der Waals surface area contributed by atoms with Crippen LogP contribution in [0, 0.1) is 0 Å². The lowest BCUT2D eigenvalue weighted by Crippen LogP contribution is -2.03. The molecule has 0 saturated carbocycles. The number of carbonyl (C=O) groups is 1. The molecular weight excluding hydrogens is 407 g/mol. The molecule has 0 atom stereocenters. The summed E-state index contributed by atoms with van der Waals surface area (Å²) in [7, 11) is 0. The zero-order valence-electron chi connectivity index (χ0n) is 6.35. The number of ether oxygens (including phenoxy) is 1. The Morgan fingerprint density at radius 3 is 2.36 bits per heavy atom. The molecule has 3 nitrogen and oxygen atoms in total. The van der Waals surface area contributed by atoms with Gasteiger partial charge in [0.05, 0.1) is 18.4 Å². The van der Waals surface area contributed by atoms with E-state index in [2.05, 4.69) is 52.5 Å². The molecular formula is C7H2Br3ClO3. The monoisotopic (exact) mass is 406 g/mol. The maximum absolute atomic E-state index is 10.3. The Balaban J connectivity index is 3.25. The second-order valence-electron chi connectivity index (χ2n) is 2.17. The fourth-order valence-corrected chi connectivity index (χ4v) is 2.41. The number of benzene rings is 1. The van der Waals surface area contributed by atoms with Crippen molar-refractivity contribution in [3.8, 4) is 5.75 Å². The van der Waals surface area contributed by atoms with Crippen molar-refractivity contribution >= 4 is 65.5 Å². The zero-order valence-corrected chi connectivity index (χ0v) is 11.9. The second kappa shape index (κ2) is 4.83. The molecule has 7 heteroatoms. The Kier molecular flexibility index (Phi) is 4.24. The van der Waals surface area contributed by atoms with Gasteiger partial charge in [-0.05, 0) is 47.8 Å². The molecule has 1 aromatic rings. The van der Waals surface area contributed by atoms with Crippen LogP contribution in [0.25, 0.3) is 0 Å². The van der Waals surface area contributed by atoms with E-state index in [0.29, 0.717) is 18.4 Å². The van der Waals surface area contributed by atoms with Gasteiger partial charge in [-0.25, -0.2) is 4.79 Å². The largest absolute Gasteiger partial charge is 0.511 e. The summed E-state index contributed by atoms with van der Waals surface area (Å²) in [4.78, 5) is 10.3. The molecule has 0 radical (unpaired) electrons.